The number of thiocarbonyl (C=S) groups is 1. The Kier molecular flexibility index (Phi) is 5.06. The van der Waals surface area contributed by atoms with Crippen LogP contribution in [0.2, 0.25) is 0 Å². The SMILES string of the molecule is COc1c(Br)cc(C2NC(=S)NC(C)=C2C(C)=O)cc1Br. The third-order valence-corrected chi connectivity index (χ3v) is 4.60. The van der Waals surface area contributed by atoms with Crippen molar-refractivity contribution in [3.8, 4) is 5.75 Å². The molecule has 1 atom stereocenters. The molecule has 0 fully saturated rings. The van der Waals surface area contributed by atoms with Crippen LogP contribution in [-0.2, 0) is 4.79 Å². The number of carbonyl (C=O) groups excluding carboxylic acids is 1. The molecule has 2 rings (SSSR count). The Bertz CT molecular complexity index is 635. The van der Waals surface area contributed by atoms with Gasteiger partial charge in [-0.15, -0.1) is 0 Å². The third kappa shape index (κ3) is 3.30. The minimum absolute atomic E-state index is 0.00284. The Morgan fingerprint density at radius 3 is 2.38 bits per heavy atom. The molecule has 0 aliphatic carbocycles. The highest BCUT2D eigenvalue weighted by atomic mass is 79.9. The van der Waals surface area contributed by atoms with Crippen molar-refractivity contribution in [1.29, 1.82) is 0 Å². The molecule has 0 aromatic heterocycles. The van der Waals surface area contributed by atoms with Crippen molar-refractivity contribution in [2.45, 2.75) is 19.9 Å². The van der Waals surface area contributed by atoms with E-state index in [-0.39, 0.29) is 11.8 Å². The van der Waals surface area contributed by atoms with Crippen LogP contribution >= 0.6 is 44.1 Å². The van der Waals surface area contributed by atoms with Crippen molar-refractivity contribution in [1.82, 2.24) is 10.6 Å². The fraction of sp³-hybridized carbons (Fsp3) is 0.286. The number of hydrogen-bond acceptors (Lipinski definition) is 3. The van der Waals surface area contributed by atoms with Crippen LogP contribution in [0.1, 0.15) is 25.5 Å². The molecule has 4 nitrogen and oxygen atoms in total. The quantitative estimate of drug-likeness (QED) is 0.713. The molecule has 7 heteroatoms. The van der Waals surface area contributed by atoms with Crippen LogP contribution in [0.3, 0.4) is 0 Å². The molecular weight excluding hydrogens is 420 g/mol. The lowest BCUT2D eigenvalue weighted by Gasteiger charge is -2.30. The zero-order valence-corrected chi connectivity index (χ0v) is 15.7. The highest BCUT2D eigenvalue weighted by molar-refractivity contribution is 9.11. The number of rotatable bonds is 3. The van der Waals surface area contributed by atoms with Gasteiger partial charge in [-0.05, 0) is 75.6 Å². The number of benzene rings is 1. The van der Waals surface area contributed by atoms with Crippen molar-refractivity contribution in [2.24, 2.45) is 0 Å². The number of nitrogens with one attached hydrogen (secondary N) is 2. The van der Waals surface area contributed by atoms with E-state index in [0.717, 1.165) is 20.2 Å². The summed E-state index contributed by atoms with van der Waals surface area (Å²) in [6.07, 6.45) is 0. The number of allylic oxidation sites excluding steroid dienone is 1. The van der Waals surface area contributed by atoms with E-state index in [1.54, 1.807) is 14.0 Å². The van der Waals surface area contributed by atoms with Crippen LogP contribution in [0.15, 0.2) is 32.3 Å². The lowest BCUT2D eigenvalue weighted by Crippen LogP contribution is -2.44. The molecule has 1 aromatic carbocycles. The van der Waals surface area contributed by atoms with Gasteiger partial charge in [0, 0.05) is 11.3 Å². The smallest absolute Gasteiger partial charge is 0.171 e. The van der Waals surface area contributed by atoms with Gasteiger partial charge in [0.2, 0.25) is 0 Å². The van der Waals surface area contributed by atoms with Gasteiger partial charge in [-0.2, -0.15) is 0 Å². The number of methoxy groups -OCH3 is 1. The summed E-state index contributed by atoms with van der Waals surface area (Å²) in [6, 6.07) is 3.56. The maximum Gasteiger partial charge on any atom is 0.171 e. The number of carbonyl (C=O) groups is 1. The summed E-state index contributed by atoms with van der Waals surface area (Å²) in [4.78, 5) is 12.0. The summed E-state index contributed by atoms with van der Waals surface area (Å²) in [5.41, 5.74) is 2.37. The van der Waals surface area contributed by atoms with Crippen LogP contribution in [-0.4, -0.2) is 18.0 Å². The number of ketones is 1. The molecule has 2 N–H and O–H groups in total. The summed E-state index contributed by atoms with van der Waals surface area (Å²) in [5.74, 6) is 0.711. The maximum absolute atomic E-state index is 12.0. The molecule has 0 saturated heterocycles. The average Bonchev–Trinajstić information content (AvgIpc) is 2.36. The van der Waals surface area contributed by atoms with Crippen molar-refractivity contribution >= 4 is 55.0 Å². The molecule has 0 radical (unpaired) electrons. The van der Waals surface area contributed by atoms with Crippen LogP contribution < -0.4 is 15.4 Å². The third-order valence-electron chi connectivity index (χ3n) is 3.21. The van der Waals surface area contributed by atoms with Gasteiger partial charge in [-0.3, -0.25) is 4.79 Å². The van der Waals surface area contributed by atoms with Crippen molar-refractivity contribution < 1.29 is 9.53 Å². The highest BCUT2D eigenvalue weighted by Gasteiger charge is 2.28. The lowest BCUT2D eigenvalue weighted by atomic mass is 9.93. The van der Waals surface area contributed by atoms with Gasteiger partial charge in [0.05, 0.1) is 22.1 Å². The van der Waals surface area contributed by atoms with Gasteiger partial charge in [0.15, 0.2) is 10.9 Å². The Balaban J connectivity index is 2.56. The number of ether oxygens (including phenoxy) is 1. The zero-order chi connectivity index (χ0) is 15.7. The largest absolute Gasteiger partial charge is 0.494 e. The predicted molar refractivity (Wildman–Crippen MR) is 93.4 cm³/mol. The van der Waals surface area contributed by atoms with Gasteiger partial charge in [0.25, 0.3) is 0 Å². The molecule has 1 aliphatic rings. The molecular formula is C14H14Br2N2O2S. The van der Waals surface area contributed by atoms with Crippen LogP contribution in [0, 0.1) is 0 Å². The zero-order valence-electron chi connectivity index (χ0n) is 11.7. The van der Waals surface area contributed by atoms with Crippen LogP contribution in [0.25, 0.3) is 0 Å². The van der Waals surface area contributed by atoms with E-state index in [9.17, 15) is 4.79 Å². The molecule has 1 heterocycles. The van der Waals surface area contributed by atoms with Gasteiger partial charge < -0.3 is 15.4 Å². The molecule has 0 bridgehead atoms. The first-order valence-electron chi connectivity index (χ1n) is 6.17. The number of halogens is 2. The maximum atomic E-state index is 12.0. The van der Waals surface area contributed by atoms with Gasteiger partial charge in [0.1, 0.15) is 5.75 Å². The molecule has 21 heavy (non-hydrogen) atoms. The Morgan fingerprint density at radius 2 is 1.90 bits per heavy atom. The second kappa shape index (κ2) is 6.46. The average molecular weight is 434 g/mol. The van der Waals surface area contributed by atoms with Crippen molar-refractivity contribution in [3.05, 3.63) is 37.9 Å². The topological polar surface area (TPSA) is 50.4 Å². The summed E-state index contributed by atoms with van der Waals surface area (Å²) in [7, 11) is 1.60. The Hall–Kier alpha value is -0.920. The van der Waals surface area contributed by atoms with E-state index in [0.29, 0.717) is 16.4 Å². The van der Waals surface area contributed by atoms with E-state index in [1.165, 1.54) is 0 Å². The first-order valence-corrected chi connectivity index (χ1v) is 8.16. The van der Waals surface area contributed by atoms with E-state index < -0.39 is 0 Å². The van der Waals surface area contributed by atoms with Crippen molar-refractivity contribution in [3.63, 3.8) is 0 Å². The second-order valence-electron chi connectivity index (χ2n) is 4.64. The van der Waals surface area contributed by atoms with Crippen LogP contribution in [0.5, 0.6) is 5.75 Å². The van der Waals surface area contributed by atoms with Gasteiger partial charge >= 0.3 is 0 Å². The normalized spacial score (nSPS) is 18.1. The Labute approximate surface area is 145 Å². The summed E-state index contributed by atoms with van der Waals surface area (Å²) in [6.45, 7) is 3.40. The summed E-state index contributed by atoms with van der Waals surface area (Å²) >= 11 is 12.2. The molecule has 0 spiro atoms. The first-order chi connectivity index (χ1) is 9.85. The standard InChI is InChI=1S/C14H14Br2N2O2S/c1-6-11(7(2)19)12(18-14(21)17-6)8-4-9(15)13(20-3)10(16)5-8/h4-5,12H,1-3H3,(H2,17,18,21). The second-order valence-corrected chi connectivity index (χ2v) is 6.76. The molecule has 1 aliphatic heterocycles. The number of Topliss-reactive ketones (excluding diaryl/α,β-unsaturated/α-hetero) is 1. The molecule has 112 valence electrons. The fourth-order valence-electron chi connectivity index (χ4n) is 2.35. The minimum atomic E-state index is -0.283. The van der Waals surface area contributed by atoms with Gasteiger partial charge in [-0.25, -0.2) is 0 Å². The first kappa shape index (κ1) is 16.5. The molecule has 1 aromatic rings. The lowest BCUT2D eigenvalue weighted by molar-refractivity contribution is -0.114. The number of hydrogen-bond donors (Lipinski definition) is 2. The van der Waals surface area contributed by atoms with E-state index in [4.69, 9.17) is 17.0 Å². The molecule has 0 saturated carbocycles. The fourth-order valence-corrected chi connectivity index (χ4v) is 4.17. The highest BCUT2D eigenvalue weighted by Crippen LogP contribution is 2.38. The molecule has 0 amide bonds. The van der Waals surface area contributed by atoms with Gasteiger partial charge in [-0.1, -0.05) is 0 Å². The molecule has 1 unspecified atom stereocenters. The van der Waals surface area contributed by atoms with E-state index in [1.807, 2.05) is 19.1 Å². The van der Waals surface area contributed by atoms with E-state index >= 15 is 0 Å². The summed E-state index contributed by atoms with van der Waals surface area (Å²) < 4.78 is 6.92. The van der Waals surface area contributed by atoms with Crippen molar-refractivity contribution in [2.75, 3.05) is 7.11 Å². The summed E-state index contributed by atoms with van der Waals surface area (Å²) in [5, 5.41) is 6.64. The predicted octanol–water partition coefficient (Wildman–Crippen LogP) is 3.60. The van der Waals surface area contributed by atoms with E-state index in [2.05, 4.69) is 42.5 Å². The monoisotopic (exact) mass is 432 g/mol. The minimum Gasteiger partial charge on any atom is -0.494 e. The Morgan fingerprint density at radius 1 is 1.33 bits per heavy atom. The van der Waals surface area contributed by atoms with Crippen LogP contribution in [0.4, 0.5) is 0 Å².